The van der Waals surface area contributed by atoms with Crippen LogP contribution in [0.5, 0.6) is 0 Å². The van der Waals surface area contributed by atoms with Gasteiger partial charge in [-0.05, 0) is 55.3 Å². The summed E-state index contributed by atoms with van der Waals surface area (Å²) in [6.45, 7) is 0. The van der Waals surface area contributed by atoms with E-state index >= 15 is 4.57 Å². The molecule has 3 aliphatic rings. The molecule has 0 bridgehead atoms. The lowest BCUT2D eigenvalue weighted by molar-refractivity contribution is 0.418. The van der Waals surface area contributed by atoms with Crippen molar-refractivity contribution in [2.75, 3.05) is 0 Å². The Hall–Kier alpha value is -1.24. The topological polar surface area (TPSA) is 17.1 Å². The molecule has 0 N–H and O–H groups in total. The zero-order valence-corrected chi connectivity index (χ0v) is 20.2. The van der Waals surface area contributed by atoms with E-state index in [2.05, 4.69) is 66.4 Å². The molecule has 3 heteroatoms. The summed E-state index contributed by atoms with van der Waals surface area (Å²) in [5, 5.41) is 2.92. The largest absolute Gasteiger partial charge is 0.313 e. The second-order valence-corrected chi connectivity index (χ2v) is 14.0. The van der Waals surface area contributed by atoms with Crippen molar-refractivity contribution in [2.45, 2.75) is 75.1 Å². The third kappa shape index (κ3) is 4.36. The van der Waals surface area contributed by atoms with Crippen molar-refractivity contribution in [1.82, 2.24) is 0 Å². The molecule has 2 saturated carbocycles. The monoisotopic (exact) mass is 450 g/mol. The van der Waals surface area contributed by atoms with Gasteiger partial charge in [0.2, 0.25) is 0 Å². The summed E-state index contributed by atoms with van der Waals surface area (Å²) >= 11 is 2.21. The van der Waals surface area contributed by atoms with Gasteiger partial charge < -0.3 is 4.57 Å². The summed E-state index contributed by atoms with van der Waals surface area (Å²) in [6, 6.07) is 20.8. The lowest BCUT2D eigenvalue weighted by Gasteiger charge is -2.35. The molecule has 0 spiro atoms. The third-order valence-corrected chi connectivity index (χ3v) is 13.1. The van der Waals surface area contributed by atoms with E-state index in [0.29, 0.717) is 11.8 Å². The van der Waals surface area contributed by atoms with Crippen LogP contribution >= 0.6 is 18.9 Å². The van der Waals surface area contributed by atoms with Gasteiger partial charge in [0, 0.05) is 21.5 Å². The predicted octanol–water partition coefficient (Wildman–Crippen LogP) is 7.53. The van der Waals surface area contributed by atoms with Gasteiger partial charge in [0.05, 0.1) is 0 Å². The van der Waals surface area contributed by atoms with Crippen LogP contribution < -0.4 is 10.6 Å². The number of fused-ring (bicyclic) bond motifs is 1. The highest BCUT2D eigenvalue weighted by Gasteiger charge is 2.47. The molecular weight excluding hydrogens is 415 g/mol. The van der Waals surface area contributed by atoms with Gasteiger partial charge in [0.1, 0.15) is 7.14 Å². The van der Waals surface area contributed by atoms with Gasteiger partial charge >= 0.3 is 0 Å². The first-order valence-electron chi connectivity index (χ1n) is 12.3. The lowest BCUT2D eigenvalue weighted by Crippen LogP contribution is -2.32. The van der Waals surface area contributed by atoms with E-state index in [1.54, 1.807) is 4.91 Å². The molecule has 2 fully saturated rings. The molecular formula is C28H35OPS. The summed E-state index contributed by atoms with van der Waals surface area (Å²) < 4.78 is 15.1. The number of hydrogen-bond acceptors (Lipinski definition) is 2. The molecule has 0 amide bonds. The summed E-state index contributed by atoms with van der Waals surface area (Å²) in [5.41, 5.74) is 0.255. The van der Waals surface area contributed by atoms with Gasteiger partial charge in [-0.1, -0.05) is 92.4 Å². The minimum atomic E-state index is -2.71. The molecule has 5 rings (SSSR count). The molecule has 2 aromatic carbocycles. The lowest BCUT2D eigenvalue weighted by atomic mass is 9.92. The van der Waals surface area contributed by atoms with E-state index in [9.17, 15) is 0 Å². The highest BCUT2D eigenvalue weighted by atomic mass is 32.2. The predicted molar refractivity (Wildman–Crippen MR) is 136 cm³/mol. The third-order valence-electron chi connectivity index (χ3n) is 7.84. The summed E-state index contributed by atoms with van der Waals surface area (Å²) in [4.78, 5) is 1.66. The van der Waals surface area contributed by atoms with Crippen LogP contribution in [0.1, 0.15) is 64.2 Å². The zero-order valence-electron chi connectivity index (χ0n) is 18.5. The van der Waals surface area contributed by atoms with Crippen molar-refractivity contribution in [3.05, 3.63) is 71.6 Å². The van der Waals surface area contributed by atoms with Gasteiger partial charge in [0.15, 0.2) is 0 Å². The van der Waals surface area contributed by atoms with Crippen molar-refractivity contribution in [1.29, 1.82) is 0 Å². The first-order valence-corrected chi connectivity index (χ1v) is 15.0. The van der Waals surface area contributed by atoms with Crippen LogP contribution in [-0.2, 0) is 4.57 Å². The Morgan fingerprint density at radius 2 is 1.35 bits per heavy atom. The minimum Gasteiger partial charge on any atom is -0.313 e. The van der Waals surface area contributed by atoms with Gasteiger partial charge in [-0.3, -0.25) is 0 Å². The molecule has 0 heterocycles. The second-order valence-electron chi connectivity index (χ2n) is 9.66. The van der Waals surface area contributed by atoms with Crippen LogP contribution in [-0.4, -0.2) is 10.9 Å². The van der Waals surface area contributed by atoms with Gasteiger partial charge in [-0.15, -0.1) is 11.8 Å². The molecule has 0 radical (unpaired) electrons. The number of thioether (sulfide) groups is 1. The van der Waals surface area contributed by atoms with E-state index in [0.717, 1.165) is 28.7 Å². The van der Waals surface area contributed by atoms with Gasteiger partial charge in [0.25, 0.3) is 0 Å². The summed E-state index contributed by atoms with van der Waals surface area (Å²) in [7, 11) is -2.71. The van der Waals surface area contributed by atoms with Crippen molar-refractivity contribution >= 4 is 29.5 Å². The Morgan fingerprint density at radius 1 is 0.710 bits per heavy atom. The molecule has 3 atom stereocenters. The molecule has 2 aromatic rings. The maximum Gasteiger partial charge on any atom is 0.146 e. The van der Waals surface area contributed by atoms with Crippen LogP contribution in [0.2, 0.25) is 0 Å². The number of hydrogen-bond donors (Lipinski definition) is 0. The van der Waals surface area contributed by atoms with Crippen LogP contribution in [0.15, 0.2) is 71.6 Å². The smallest absolute Gasteiger partial charge is 0.146 e. The van der Waals surface area contributed by atoms with E-state index in [-0.39, 0.29) is 5.66 Å². The average Bonchev–Trinajstić information content (AvgIpc) is 3.25. The summed E-state index contributed by atoms with van der Waals surface area (Å²) in [6.07, 6.45) is 15.5. The number of benzene rings is 2. The molecule has 164 valence electrons. The van der Waals surface area contributed by atoms with Crippen molar-refractivity contribution in [2.24, 2.45) is 11.8 Å². The summed E-state index contributed by atoms with van der Waals surface area (Å²) in [5.74, 6) is 1.18. The fourth-order valence-corrected chi connectivity index (χ4v) is 11.7. The van der Waals surface area contributed by atoms with Crippen LogP contribution in [0, 0.1) is 11.8 Å². The second kappa shape index (κ2) is 9.72. The molecule has 3 aliphatic carbocycles. The van der Waals surface area contributed by atoms with Crippen molar-refractivity contribution < 1.29 is 4.57 Å². The fourth-order valence-electron chi connectivity index (χ4n) is 6.36. The Morgan fingerprint density at radius 3 is 2.00 bits per heavy atom. The Balaban J connectivity index is 1.49. The van der Waals surface area contributed by atoms with Gasteiger partial charge in [-0.25, -0.2) is 0 Å². The van der Waals surface area contributed by atoms with E-state index in [4.69, 9.17) is 0 Å². The minimum absolute atomic E-state index is 0.255. The normalized spacial score (nSPS) is 27.4. The van der Waals surface area contributed by atoms with E-state index < -0.39 is 7.14 Å². The van der Waals surface area contributed by atoms with Crippen molar-refractivity contribution in [3.8, 4) is 0 Å². The highest BCUT2D eigenvalue weighted by molar-refractivity contribution is 8.03. The Bertz CT molecular complexity index is 888. The standard InChI is InChI=1S/C28H35OPS/c29-30(22-12-4-1-5-13-22,23-14-6-2-7-15-23)27-20-11-21-28(26-19-10-18-25(26)27)31-24-16-8-3-9-17-24/h1-2,4-7,12-15,21,24-27H,3,8-11,16-20H2/t25-,26-,27-/m1/s1. The molecule has 0 unspecified atom stereocenters. The fraction of sp³-hybridized carbons (Fsp3) is 0.500. The van der Waals surface area contributed by atoms with Crippen LogP contribution in [0.4, 0.5) is 0 Å². The molecule has 31 heavy (non-hydrogen) atoms. The van der Waals surface area contributed by atoms with E-state index in [1.165, 1.54) is 51.4 Å². The van der Waals surface area contributed by atoms with Crippen molar-refractivity contribution in [3.63, 3.8) is 0 Å². The average molecular weight is 451 g/mol. The number of rotatable bonds is 5. The Kier molecular flexibility index (Phi) is 6.77. The number of allylic oxidation sites excluding steroid dienone is 2. The quantitative estimate of drug-likeness (QED) is 0.438. The molecule has 0 aromatic heterocycles. The highest BCUT2D eigenvalue weighted by Crippen LogP contribution is 2.60. The molecule has 1 nitrogen and oxygen atoms in total. The van der Waals surface area contributed by atoms with Gasteiger partial charge in [-0.2, -0.15) is 0 Å². The van der Waals surface area contributed by atoms with E-state index in [1.807, 2.05) is 12.1 Å². The molecule has 0 aliphatic heterocycles. The molecule has 0 saturated heterocycles. The maximum atomic E-state index is 15.1. The first-order chi connectivity index (χ1) is 15.3. The van der Waals surface area contributed by atoms with Crippen LogP contribution in [0.3, 0.4) is 0 Å². The Labute approximate surface area is 192 Å². The maximum absolute atomic E-state index is 15.1. The van der Waals surface area contributed by atoms with Crippen LogP contribution in [0.25, 0.3) is 0 Å². The SMILES string of the molecule is O=P(c1ccccc1)(c1ccccc1)[C@@H]1CCC=C(SC2CCCCC2)[C@@H]2CCC[C@@H]12. The first kappa shape index (κ1) is 21.6. The zero-order chi connectivity index (χ0) is 21.1.